The number of piperidine rings is 1. The van der Waals surface area contributed by atoms with Crippen LogP contribution in [0.5, 0.6) is 0 Å². The van der Waals surface area contributed by atoms with Crippen molar-refractivity contribution >= 4 is 34.8 Å². The zero-order valence-corrected chi connectivity index (χ0v) is 20.1. The number of hydrogen-bond donors (Lipinski definition) is 1. The van der Waals surface area contributed by atoms with E-state index < -0.39 is 0 Å². The number of nitrogens with two attached hydrogens (primary N) is 1. The van der Waals surface area contributed by atoms with E-state index in [2.05, 4.69) is 21.7 Å². The Kier molecular flexibility index (Phi) is 8.84. The number of nitrogen functional groups attached to an aromatic ring is 1. The Morgan fingerprint density at radius 2 is 1.90 bits per heavy atom. The third kappa shape index (κ3) is 5.68. The third-order valence-electron chi connectivity index (χ3n) is 7.33. The molecule has 2 N–H and O–H groups in total. The average molecular weight is 455 g/mol. The van der Waals surface area contributed by atoms with Crippen molar-refractivity contribution in [1.29, 1.82) is 0 Å². The first-order valence-corrected chi connectivity index (χ1v) is 12.7. The van der Waals surface area contributed by atoms with Crippen molar-refractivity contribution in [3.8, 4) is 0 Å². The summed E-state index contributed by atoms with van der Waals surface area (Å²) in [6.07, 6.45) is 13.0. The Labute approximate surface area is 192 Å². The van der Waals surface area contributed by atoms with Crippen LogP contribution in [0.15, 0.2) is 0 Å². The van der Waals surface area contributed by atoms with Crippen molar-refractivity contribution in [2.45, 2.75) is 83.6 Å². The molecule has 2 heterocycles. The van der Waals surface area contributed by atoms with Crippen LogP contribution in [0.3, 0.4) is 0 Å². The van der Waals surface area contributed by atoms with E-state index in [1.165, 1.54) is 68.6 Å². The SMILES string of the molecule is CCCN(CC1CCN(C(=O)C2CCCCC2)CC1)[C@H]1CCc2nc(N)sc2C1.Cl. The van der Waals surface area contributed by atoms with Gasteiger partial charge in [-0.1, -0.05) is 26.2 Å². The van der Waals surface area contributed by atoms with Gasteiger partial charge in [0.15, 0.2) is 5.13 Å². The highest BCUT2D eigenvalue weighted by atomic mass is 35.5. The lowest BCUT2D eigenvalue weighted by Crippen LogP contribution is -2.47. The van der Waals surface area contributed by atoms with E-state index in [4.69, 9.17) is 5.73 Å². The number of halogens is 1. The first-order valence-electron chi connectivity index (χ1n) is 11.9. The van der Waals surface area contributed by atoms with Crippen LogP contribution < -0.4 is 5.73 Å². The number of amides is 1. The molecule has 1 atom stereocenters. The highest BCUT2D eigenvalue weighted by Crippen LogP contribution is 2.32. The maximum Gasteiger partial charge on any atom is 0.225 e. The van der Waals surface area contributed by atoms with Crippen LogP contribution in [-0.4, -0.2) is 52.9 Å². The molecule has 0 spiro atoms. The van der Waals surface area contributed by atoms with Gasteiger partial charge in [0.25, 0.3) is 0 Å². The second-order valence-corrected chi connectivity index (χ2v) is 10.5. The molecule has 4 rings (SSSR count). The van der Waals surface area contributed by atoms with Gasteiger partial charge >= 0.3 is 0 Å². The summed E-state index contributed by atoms with van der Waals surface area (Å²) < 4.78 is 0. The molecule has 30 heavy (non-hydrogen) atoms. The van der Waals surface area contributed by atoms with Crippen molar-refractivity contribution in [2.24, 2.45) is 11.8 Å². The summed E-state index contributed by atoms with van der Waals surface area (Å²) >= 11 is 1.69. The fourth-order valence-electron chi connectivity index (χ4n) is 5.67. The van der Waals surface area contributed by atoms with Crippen LogP contribution >= 0.6 is 23.7 Å². The predicted molar refractivity (Wildman–Crippen MR) is 127 cm³/mol. The maximum atomic E-state index is 12.9. The van der Waals surface area contributed by atoms with Gasteiger partial charge in [0, 0.05) is 36.5 Å². The fourth-order valence-corrected chi connectivity index (χ4v) is 6.62. The second-order valence-electron chi connectivity index (χ2n) is 9.42. The van der Waals surface area contributed by atoms with Crippen LogP contribution in [-0.2, 0) is 17.6 Å². The molecule has 1 saturated carbocycles. The van der Waals surface area contributed by atoms with Crippen LogP contribution in [0.4, 0.5) is 5.13 Å². The molecule has 0 radical (unpaired) electrons. The lowest BCUT2D eigenvalue weighted by Gasteiger charge is -2.40. The molecule has 170 valence electrons. The first kappa shape index (κ1) is 23.8. The number of fused-ring (bicyclic) bond motifs is 1. The lowest BCUT2D eigenvalue weighted by atomic mass is 9.87. The maximum absolute atomic E-state index is 12.9. The van der Waals surface area contributed by atoms with E-state index in [0.29, 0.717) is 17.9 Å². The molecule has 1 amide bonds. The normalized spacial score (nSPS) is 23.3. The zero-order valence-electron chi connectivity index (χ0n) is 18.5. The fraction of sp³-hybridized carbons (Fsp3) is 0.826. The molecule has 5 nitrogen and oxygen atoms in total. The quantitative estimate of drug-likeness (QED) is 0.685. The van der Waals surface area contributed by atoms with Gasteiger partial charge in [0.2, 0.25) is 5.91 Å². The number of aryl methyl sites for hydroxylation is 1. The van der Waals surface area contributed by atoms with E-state index in [-0.39, 0.29) is 12.4 Å². The Morgan fingerprint density at radius 3 is 2.60 bits per heavy atom. The van der Waals surface area contributed by atoms with Gasteiger partial charge in [-0.2, -0.15) is 0 Å². The van der Waals surface area contributed by atoms with Gasteiger partial charge in [-0.25, -0.2) is 4.98 Å². The number of hydrogen-bond acceptors (Lipinski definition) is 5. The summed E-state index contributed by atoms with van der Waals surface area (Å²) in [5.41, 5.74) is 7.19. The highest BCUT2D eigenvalue weighted by Gasteiger charge is 2.32. The molecule has 0 bridgehead atoms. The standard InChI is InChI=1S/C23H38N4OS.ClH/c1-2-12-27(19-8-9-20-21(15-19)29-23(24)25-20)16-17-10-13-26(14-11-17)22(28)18-6-4-3-5-7-18;/h17-19H,2-16H2,1H3,(H2,24,25);1H/t19-;/m0./s1. The number of thiazole rings is 1. The topological polar surface area (TPSA) is 62.5 Å². The minimum absolute atomic E-state index is 0. The largest absolute Gasteiger partial charge is 0.375 e. The molecule has 1 aromatic rings. The van der Waals surface area contributed by atoms with Crippen molar-refractivity contribution < 1.29 is 4.79 Å². The molecule has 7 heteroatoms. The monoisotopic (exact) mass is 454 g/mol. The summed E-state index contributed by atoms with van der Waals surface area (Å²) in [7, 11) is 0. The molecule has 1 saturated heterocycles. The van der Waals surface area contributed by atoms with Gasteiger partial charge in [-0.05, 0) is 63.8 Å². The summed E-state index contributed by atoms with van der Waals surface area (Å²) in [5.74, 6) is 1.50. The zero-order chi connectivity index (χ0) is 20.2. The van der Waals surface area contributed by atoms with E-state index >= 15 is 0 Å². The molecule has 1 aromatic heterocycles. The Bertz CT molecular complexity index is 683. The molecule has 3 aliphatic rings. The van der Waals surface area contributed by atoms with E-state index in [1.807, 2.05) is 0 Å². The number of rotatable bonds is 6. The van der Waals surface area contributed by atoms with E-state index in [1.54, 1.807) is 11.3 Å². The van der Waals surface area contributed by atoms with Gasteiger partial charge in [-0.3, -0.25) is 9.69 Å². The number of anilines is 1. The van der Waals surface area contributed by atoms with Gasteiger partial charge in [0.05, 0.1) is 5.69 Å². The van der Waals surface area contributed by atoms with Gasteiger partial charge in [-0.15, -0.1) is 23.7 Å². The molecule has 2 aliphatic carbocycles. The Hall–Kier alpha value is -0.850. The van der Waals surface area contributed by atoms with E-state index in [0.717, 1.165) is 49.8 Å². The molecule has 0 unspecified atom stereocenters. The minimum Gasteiger partial charge on any atom is -0.375 e. The minimum atomic E-state index is 0. The third-order valence-corrected chi connectivity index (χ3v) is 8.28. The van der Waals surface area contributed by atoms with Crippen LogP contribution in [0.25, 0.3) is 0 Å². The lowest BCUT2D eigenvalue weighted by molar-refractivity contribution is -0.138. The van der Waals surface area contributed by atoms with Crippen molar-refractivity contribution in [2.75, 3.05) is 31.9 Å². The Balaban J connectivity index is 0.00000256. The van der Waals surface area contributed by atoms with E-state index in [9.17, 15) is 4.79 Å². The van der Waals surface area contributed by atoms with Crippen molar-refractivity contribution in [3.05, 3.63) is 10.6 Å². The number of aromatic nitrogens is 1. The molecular weight excluding hydrogens is 416 g/mol. The van der Waals surface area contributed by atoms with Crippen molar-refractivity contribution in [1.82, 2.24) is 14.8 Å². The van der Waals surface area contributed by atoms with Crippen LogP contribution in [0.2, 0.25) is 0 Å². The average Bonchev–Trinajstić information content (AvgIpc) is 3.13. The van der Waals surface area contributed by atoms with Crippen molar-refractivity contribution in [3.63, 3.8) is 0 Å². The molecule has 0 aromatic carbocycles. The smallest absolute Gasteiger partial charge is 0.225 e. The molecule has 2 fully saturated rings. The number of nitrogens with zero attached hydrogens (tertiary/aromatic N) is 3. The molecule has 1 aliphatic heterocycles. The highest BCUT2D eigenvalue weighted by molar-refractivity contribution is 7.15. The second kappa shape index (κ2) is 11.1. The van der Waals surface area contributed by atoms with Gasteiger partial charge < -0.3 is 10.6 Å². The Morgan fingerprint density at radius 1 is 1.17 bits per heavy atom. The van der Waals surface area contributed by atoms with Gasteiger partial charge in [0.1, 0.15) is 0 Å². The van der Waals surface area contributed by atoms with Crippen LogP contribution in [0, 0.1) is 11.8 Å². The number of likely N-dealkylation sites (tertiary alicyclic amines) is 1. The van der Waals surface area contributed by atoms with Crippen LogP contribution in [0.1, 0.15) is 75.3 Å². The first-order chi connectivity index (χ1) is 14.1. The molecular formula is C23H39ClN4OS. The predicted octanol–water partition coefficient (Wildman–Crippen LogP) is 4.54. The summed E-state index contributed by atoms with van der Waals surface area (Å²) in [6, 6.07) is 0.629. The summed E-state index contributed by atoms with van der Waals surface area (Å²) in [4.78, 5) is 23.7. The number of carbonyl (C=O) groups is 1. The number of carbonyl (C=O) groups excluding carboxylic acids is 1. The summed E-state index contributed by atoms with van der Waals surface area (Å²) in [5, 5.41) is 0.729. The summed E-state index contributed by atoms with van der Waals surface area (Å²) in [6.45, 7) is 6.60.